The first-order valence-electron chi connectivity index (χ1n) is 3.26. The van der Waals surface area contributed by atoms with Crippen molar-refractivity contribution in [2.24, 2.45) is 5.84 Å². The fraction of sp³-hybridized carbons (Fsp3) is 0.800. The summed E-state index contributed by atoms with van der Waals surface area (Å²) in [5.41, 5.74) is 5.24. The minimum absolute atomic E-state index is 0.448. The number of nitrogens with two attached hydrogens (primary N) is 1. The summed E-state index contributed by atoms with van der Waals surface area (Å²) in [4.78, 5) is 0. The zero-order valence-corrected chi connectivity index (χ0v) is 7.16. The van der Waals surface area contributed by atoms with Crippen LogP contribution in [0.2, 0.25) is 0 Å². The third-order valence-corrected chi connectivity index (χ3v) is 1.36. The summed E-state index contributed by atoms with van der Waals surface area (Å²) in [6, 6.07) is 0. The van der Waals surface area contributed by atoms with Gasteiger partial charge in [-0.1, -0.05) is 13.8 Å². The minimum atomic E-state index is 0.448. The molecule has 0 spiro atoms. The molecule has 0 aromatic rings. The molecular formula is C5H14N4S. The van der Waals surface area contributed by atoms with Crippen LogP contribution in [0.25, 0.3) is 0 Å². The number of hydrogen-bond donors (Lipinski definition) is 3. The highest BCUT2D eigenvalue weighted by molar-refractivity contribution is 7.80. The molecule has 0 aliphatic heterocycles. The normalized spacial score (nSPS) is 9.60. The van der Waals surface area contributed by atoms with Crippen LogP contribution < -0.4 is 16.7 Å². The second-order valence-electron chi connectivity index (χ2n) is 1.76. The maximum absolute atomic E-state index is 5.05. The third kappa shape index (κ3) is 3.60. The van der Waals surface area contributed by atoms with Crippen LogP contribution in [0.5, 0.6) is 0 Å². The molecule has 10 heavy (non-hydrogen) atoms. The highest BCUT2D eigenvalue weighted by atomic mass is 32.1. The van der Waals surface area contributed by atoms with Crippen molar-refractivity contribution in [1.29, 1.82) is 0 Å². The Morgan fingerprint density at radius 3 is 2.30 bits per heavy atom. The zero-order chi connectivity index (χ0) is 7.98. The Balaban J connectivity index is 3.52. The standard InChI is InChI=1S/C5H14N4S/c1-3-9(4-2)8-5(10)7-6/h3-4,6H2,1-2H3,(H2,7,8,10). The van der Waals surface area contributed by atoms with Crippen molar-refractivity contribution in [3.8, 4) is 0 Å². The van der Waals surface area contributed by atoms with Gasteiger partial charge in [0.15, 0.2) is 5.11 Å². The van der Waals surface area contributed by atoms with Gasteiger partial charge in [-0.2, -0.15) is 0 Å². The van der Waals surface area contributed by atoms with E-state index >= 15 is 0 Å². The fourth-order valence-corrected chi connectivity index (χ4v) is 0.687. The monoisotopic (exact) mass is 162 g/mol. The molecule has 0 fully saturated rings. The van der Waals surface area contributed by atoms with Crippen molar-refractivity contribution in [2.75, 3.05) is 13.1 Å². The van der Waals surface area contributed by atoms with Gasteiger partial charge < -0.3 is 0 Å². The molecule has 0 aliphatic rings. The largest absolute Gasteiger partial charge is 0.300 e. The predicted molar refractivity (Wildman–Crippen MR) is 46.0 cm³/mol. The molecule has 0 aliphatic carbocycles. The maximum atomic E-state index is 5.05. The first-order chi connectivity index (χ1) is 4.74. The Labute approximate surface area is 66.7 Å². The summed E-state index contributed by atoms with van der Waals surface area (Å²) in [6.45, 7) is 5.88. The van der Waals surface area contributed by atoms with Gasteiger partial charge >= 0.3 is 0 Å². The van der Waals surface area contributed by atoms with Crippen molar-refractivity contribution in [3.05, 3.63) is 0 Å². The molecule has 0 heterocycles. The Kier molecular flexibility index (Phi) is 5.19. The van der Waals surface area contributed by atoms with Gasteiger partial charge in [0.05, 0.1) is 0 Å². The topological polar surface area (TPSA) is 53.3 Å². The van der Waals surface area contributed by atoms with Crippen molar-refractivity contribution < 1.29 is 0 Å². The molecular weight excluding hydrogens is 148 g/mol. The van der Waals surface area contributed by atoms with Crippen molar-refractivity contribution in [2.45, 2.75) is 13.8 Å². The Morgan fingerprint density at radius 1 is 1.50 bits per heavy atom. The molecule has 0 saturated carbocycles. The molecule has 0 atom stereocenters. The Morgan fingerprint density at radius 2 is 2.00 bits per heavy atom. The van der Waals surface area contributed by atoms with E-state index in [-0.39, 0.29) is 0 Å². The van der Waals surface area contributed by atoms with Gasteiger partial charge in [-0.25, -0.2) is 10.9 Å². The van der Waals surface area contributed by atoms with E-state index in [0.29, 0.717) is 5.11 Å². The summed E-state index contributed by atoms with van der Waals surface area (Å²) >= 11 is 4.78. The minimum Gasteiger partial charge on any atom is -0.300 e. The lowest BCUT2D eigenvalue weighted by Crippen LogP contribution is -2.49. The lowest BCUT2D eigenvalue weighted by Gasteiger charge is -2.20. The van der Waals surface area contributed by atoms with E-state index in [1.165, 1.54) is 0 Å². The number of rotatable bonds is 3. The van der Waals surface area contributed by atoms with E-state index < -0.39 is 0 Å². The molecule has 0 bridgehead atoms. The lowest BCUT2D eigenvalue weighted by molar-refractivity contribution is 0.261. The summed E-state index contributed by atoms with van der Waals surface area (Å²) in [5.74, 6) is 5.05. The zero-order valence-electron chi connectivity index (χ0n) is 6.35. The van der Waals surface area contributed by atoms with E-state index in [1.54, 1.807) is 0 Å². The van der Waals surface area contributed by atoms with Crippen molar-refractivity contribution in [1.82, 2.24) is 15.9 Å². The Hall–Kier alpha value is -0.390. The van der Waals surface area contributed by atoms with Gasteiger partial charge in [-0.3, -0.25) is 10.9 Å². The van der Waals surface area contributed by atoms with Gasteiger partial charge in [0, 0.05) is 13.1 Å². The van der Waals surface area contributed by atoms with Gasteiger partial charge in [0.25, 0.3) is 0 Å². The first kappa shape index (κ1) is 9.61. The Bertz CT molecular complexity index is 102. The van der Waals surface area contributed by atoms with Crippen LogP contribution in [0.15, 0.2) is 0 Å². The molecule has 0 rings (SSSR count). The van der Waals surface area contributed by atoms with Gasteiger partial charge in [0.2, 0.25) is 0 Å². The van der Waals surface area contributed by atoms with Crippen LogP contribution in [0.1, 0.15) is 13.8 Å². The van der Waals surface area contributed by atoms with Crippen molar-refractivity contribution >= 4 is 17.3 Å². The molecule has 0 saturated heterocycles. The molecule has 60 valence electrons. The van der Waals surface area contributed by atoms with Crippen LogP contribution in [0.4, 0.5) is 0 Å². The number of hydrazine groups is 2. The second kappa shape index (κ2) is 5.40. The molecule has 4 nitrogen and oxygen atoms in total. The van der Waals surface area contributed by atoms with E-state index in [9.17, 15) is 0 Å². The average molecular weight is 162 g/mol. The van der Waals surface area contributed by atoms with Crippen LogP contribution in [-0.4, -0.2) is 23.2 Å². The highest BCUT2D eigenvalue weighted by Gasteiger charge is 1.97. The average Bonchev–Trinajstić information content (AvgIpc) is 1.99. The highest BCUT2D eigenvalue weighted by Crippen LogP contribution is 1.78. The number of nitrogens with zero attached hydrogens (tertiary/aromatic N) is 1. The predicted octanol–water partition coefficient (Wildman–Crippen LogP) is -0.419. The molecule has 0 radical (unpaired) electrons. The smallest absolute Gasteiger partial charge is 0.195 e. The van der Waals surface area contributed by atoms with Crippen molar-refractivity contribution in [3.63, 3.8) is 0 Å². The van der Waals surface area contributed by atoms with Crippen LogP contribution in [-0.2, 0) is 0 Å². The van der Waals surface area contributed by atoms with Crippen LogP contribution in [0, 0.1) is 0 Å². The number of hydrogen-bond acceptors (Lipinski definition) is 3. The maximum Gasteiger partial charge on any atom is 0.195 e. The van der Waals surface area contributed by atoms with Crippen LogP contribution >= 0.6 is 12.2 Å². The molecule has 0 amide bonds. The van der Waals surface area contributed by atoms with E-state index in [1.807, 2.05) is 18.9 Å². The van der Waals surface area contributed by atoms with E-state index in [4.69, 9.17) is 18.1 Å². The summed E-state index contributed by atoms with van der Waals surface area (Å²) in [6.07, 6.45) is 0. The number of thiocarbonyl (C=S) groups is 1. The lowest BCUT2D eigenvalue weighted by atomic mass is 10.6. The van der Waals surface area contributed by atoms with E-state index in [2.05, 4.69) is 10.9 Å². The van der Waals surface area contributed by atoms with Gasteiger partial charge in [-0.05, 0) is 12.2 Å². The van der Waals surface area contributed by atoms with Gasteiger partial charge in [-0.15, -0.1) is 0 Å². The SMILES string of the molecule is CCN(CC)NC(=S)NN. The summed E-state index contributed by atoms with van der Waals surface area (Å²) in [5, 5.41) is 2.39. The second-order valence-corrected chi connectivity index (χ2v) is 2.17. The molecule has 0 aromatic carbocycles. The third-order valence-electron chi connectivity index (χ3n) is 1.15. The molecule has 0 unspecified atom stereocenters. The molecule has 4 N–H and O–H groups in total. The van der Waals surface area contributed by atoms with Gasteiger partial charge in [0.1, 0.15) is 0 Å². The summed E-state index contributed by atoms with van der Waals surface area (Å²) < 4.78 is 0. The molecule has 0 aromatic heterocycles. The van der Waals surface area contributed by atoms with E-state index in [0.717, 1.165) is 13.1 Å². The fourth-order valence-electron chi connectivity index (χ4n) is 0.558. The van der Waals surface area contributed by atoms with Crippen LogP contribution in [0.3, 0.4) is 0 Å². The molecule has 5 heteroatoms. The quantitative estimate of drug-likeness (QED) is 0.299. The number of nitrogens with one attached hydrogen (secondary N) is 2. The first-order valence-corrected chi connectivity index (χ1v) is 3.67. The summed E-state index contributed by atoms with van der Waals surface area (Å²) in [7, 11) is 0.